The summed E-state index contributed by atoms with van der Waals surface area (Å²) in [6, 6.07) is 0.272. The van der Waals surface area contributed by atoms with Gasteiger partial charge in [0.1, 0.15) is 4.88 Å². The quantitative estimate of drug-likeness (QED) is 0.769. The van der Waals surface area contributed by atoms with Crippen molar-refractivity contribution < 1.29 is 4.79 Å². The number of nitrogens with one attached hydrogen (secondary N) is 2. The highest BCUT2D eigenvalue weighted by Crippen LogP contribution is 2.12. The van der Waals surface area contributed by atoms with Crippen molar-refractivity contribution in [1.82, 2.24) is 20.2 Å². The monoisotopic (exact) mass is 226 g/mol. The van der Waals surface area contributed by atoms with Gasteiger partial charge in [-0.3, -0.25) is 4.79 Å². The maximum absolute atomic E-state index is 11.8. The van der Waals surface area contributed by atoms with E-state index in [0.717, 1.165) is 31.6 Å². The Bertz CT molecular complexity index is 348. The van der Waals surface area contributed by atoms with Gasteiger partial charge in [0.15, 0.2) is 0 Å². The molecule has 0 atom stereocenters. The largest absolute Gasteiger partial charge is 0.346 e. The summed E-state index contributed by atoms with van der Waals surface area (Å²) in [7, 11) is 0. The fraction of sp³-hybridized carbons (Fsp3) is 0.667. The maximum Gasteiger partial charge on any atom is 0.265 e. The molecule has 1 aromatic heterocycles. The van der Waals surface area contributed by atoms with E-state index in [-0.39, 0.29) is 11.9 Å². The zero-order chi connectivity index (χ0) is 10.7. The van der Waals surface area contributed by atoms with Crippen molar-refractivity contribution in [1.29, 1.82) is 0 Å². The molecule has 1 fully saturated rings. The molecule has 2 rings (SSSR count). The third kappa shape index (κ3) is 2.32. The normalized spacial score (nSPS) is 16.1. The van der Waals surface area contributed by atoms with Crippen LogP contribution in [0.3, 0.4) is 0 Å². The number of hydrogen-bond acceptors (Lipinski definition) is 5. The summed E-state index contributed by atoms with van der Waals surface area (Å²) in [5, 5.41) is 10.0. The lowest BCUT2D eigenvalue weighted by Crippen LogP contribution is -2.56. The lowest BCUT2D eigenvalue weighted by Gasteiger charge is -2.27. The second-order valence-electron chi connectivity index (χ2n) is 3.63. The molecule has 1 amide bonds. The molecule has 1 aliphatic heterocycles. The number of carbonyl (C=O) groups excluding carboxylic acids is 1. The predicted molar refractivity (Wildman–Crippen MR) is 58.0 cm³/mol. The molecule has 1 aliphatic rings. The lowest BCUT2D eigenvalue weighted by molar-refractivity contribution is 0.0927. The van der Waals surface area contributed by atoms with Crippen LogP contribution in [0.2, 0.25) is 0 Å². The van der Waals surface area contributed by atoms with Gasteiger partial charge in [0.05, 0.1) is 11.7 Å². The zero-order valence-corrected chi connectivity index (χ0v) is 9.43. The number of aromatic nitrogens is 2. The van der Waals surface area contributed by atoms with E-state index in [2.05, 4.69) is 27.1 Å². The third-order valence-corrected chi connectivity index (χ3v) is 3.13. The van der Waals surface area contributed by atoms with Gasteiger partial charge in [-0.05, 0) is 18.0 Å². The van der Waals surface area contributed by atoms with Crippen molar-refractivity contribution in [2.75, 3.05) is 13.1 Å². The molecule has 82 valence electrons. The van der Waals surface area contributed by atoms with Gasteiger partial charge in [-0.2, -0.15) is 0 Å². The van der Waals surface area contributed by atoms with E-state index in [4.69, 9.17) is 0 Å². The molecule has 5 nitrogen and oxygen atoms in total. The molecule has 0 aromatic carbocycles. The van der Waals surface area contributed by atoms with E-state index in [1.807, 2.05) is 0 Å². The molecule has 1 saturated heterocycles. The van der Waals surface area contributed by atoms with Crippen molar-refractivity contribution in [3.8, 4) is 0 Å². The Morgan fingerprint density at radius 2 is 2.47 bits per heavy atom. The highest BCUT2D eigenvalue weighted by atomic mass is 32.1. The molecule has 0 radical (unpaired) electrons. The van der Waals surface area contributed by atoms with Crippen LogP contribution in [0.4, 0.5) is 0 Å². The van der Waals surface area contributed by atoms with Crippen LogP contribution in [-0.2, 0) is 6.42 Å². The second kappa shape index (κ2) is 4.67. The third-order valence-electron chi connectivity index (χ3n) is 2.37. The smallest absolute Gasteiger partial charge is 0.265 e. The molecule has 0 spiro atoms. The van der Waals surface area contributed by atoms with Crippen LogP contribution in [-0.4, -0.2) is 34.6 Å². The molecule has 0 saturated carbocycles. The number of amides is 1. The molecule has 15 heavy (non-hydrogen) atoms. The van der Waals surface area contributed by atoms with Crippen molar-refractivity contribution in [2.24, 2.45) is 0 Å². The minimum Gasteiger partial charge on any atom is -0.346 e. The van der Waals surface area contributed by atoms with Crippen LogP contribution in [0.25, 0.3) is 0 Å². The second-order valence-corrected chi connectivity index (χ2v) is 4.38. The lowest BCUT2D eigenvalue weighted by atomic mass is 10.1. The maximum atomic E-state index is 11.8. The highest BCUT2D eigenvalue weighted by Gasteiger charge is 2.22. The Labute approximate surface area is 92.4 Å². The molecule has 6 heteroatoms. The number of carbonyl (C=O) groups is 1. The van der Waals surface area contributed by atoms with E-state index in [9.17, 15) is 4.79 Å². The summed E-state index contributed by atoms with van der Waals surface area (Å²) in [5.41, 5.74) is 0.826. The minimum atomic E-state index is -0.0278. The first-order valence-electron chi connectivity index (χ1n) is 5.14. The molecule has 0 bridgehead atoms. The van der Waals surface area contributed by atoms with Crippen LogP contribution in [0, 0.1) is 0 Å². The number of nitrogens with zero attached hydrogens (tertiary/aromatic N) is 2. The van der Waals surface area contributed by atoms with Crippen molar-refractivity contribution >= 4 is 17.4 Å². The summed E-state index contributed by atoms with van der Waals surface area (Å²) in [4.78, 5) is 12.5. The Balaban J connectivity index is 2.00. The molecular formula is C9H14N4OS. The van der Waals surface area contributed by atoms with E-state index >= 15 is 0 Å². The van der Waals surface area contributed by atoms with Crippen molar-refractivity contribution in [2.45, 2.75) is 25.8 Å². The number of hydrogen-bond donors (Lipinski definition) is 2. The average molecular weight is 226 g/mol. The Morgan fingerprint density at radius 3 is 3.07 bits per heavy atom. The van der Waals surface area contributed by atoms with Crippen LogP contribution >= 0.6 is 11.5 Å². The van der Waals surface area contributed by atoms with Gasteiger partial charge >= 0.3 is 0 Å². The highest BCUT2D eigenvalue weighted by molar-refractivity contribution is 7.08. The number of rotatable bonds is 4. The Morgan fingerprint density at radius 1 is 1.67 bits per heavy atom. The first-order chi connectivity index (χ1) is 7.31. The van der Waals surface area contributed by atoms with Crippen LogP contribution < -0.4 is 10.6 Å². The van der Waals surface area contributed by atoms with Gasteiger partial charge in [-0.25, -0.2) is 0 Å². The minimum absolute atomic E-state index is 0.0278. The van der Waals surface area contributed by atoms with Gasteiger partial charge in [0.2, 0.25) is 0 Å². The zero-order valence-electron chi connectivity index (χ0n) is 8.62. The average Bonchev–Trinajstić information content (AvgIpc) is 2.60. The van der Waals surface area contributed by atoms with Crippen LogP contribution in [0.1, 0.15) is 28.7 Å². The van der Waals surface area contributed by atoms with Gasteiger partial charge in [-0.1, -0.05) is 17.8 Å². The van der Waals surface area contributed by atoms with E-state index in [1.54, 1.807) is 0 Å². The Hall–Kier alpha value is -1.01. The summed E-state index contributed by atoms with van der Waals surface area (Å²) >= 11 is 1.18. The van der Waals surface area contributed by atoms with Gasteiger partial charge < -0.3 is 10.6 Å². The fourth-order valence-electron chi connectivity index (χ4n) is 1.42. The summed E-state index contributed by atoms with van der Waals surface area (Å²) < 4.78 is 3.83. The van der Waals surface area contributed by atoms with Crippen LogP contribution in [0.5, 0.6) is 0 Å². The van der Waals surface area contributed by atoms with E-state index in [1.165, 1.54) is 11.5 Å². The standard InChI is InChI=1S/C9H14N4OS/c1-2-3-7-8(15-13-12-7)9(14)11-6-4-10-5-6/h6,10H,2-5H2,1H3,(H,11,14). The molecule has 0 aliphatic carbocycles. The topological polar surface area (TPSA) is 66.9 Å². The summed E-state index contributed by atoms with van der Waals surface area (Å²) in [5.74, 6) is -0.0278. The van der Waals surface area contributed by atoms with Crippen molar-refractivity contribution in [3.05, 3.63) is 10.6 Å². The van der Waals surface area contributed by atoms with E-state index in [0.29, 0.717) is 4.88 Å². The molecule has 1 aromatic rings. The SMILES string of the molecule is CCCc1nnsc1C(=O)NC1CNC1. The van der Waals surface area contributed by atoms with E-state index < -0.39 is 0 Å². The first kappa shape index (κ1) is 10.5. The molecule has 2 N–H and O–H groups in total. The summed E-state index contributed by atoms with van der Waals surface area (Å²) in [6.07, 6.45) is 1.80. The van der Waals surface area contributed by atoms with Gasteiger partial charge in [-0.15, -0.1) is 5.10 Å². The summed E-state index contributed by atoms with van der Waals surface area (Å²) in [6.45, 7) is 3.79. The van der Waals surface area contributed by atoms with Gasteiger partial charge in [0.25, 0.3) is 5.91 Å². The van der Waals surface area contributed by atoms with Crippen LogP contribution in [0.15, 0.2) is 0 Å². The van der Waals surface area contributed by atoms with Gasteiger partial charge in [0, 0.05) is 13.1 Å². The fourth-order valence-corrected chi connectivity index (χ4v) is 2.03. The Kier molecular flexibility index (Phi) is 3.27. The first-order valence-corrected chi connectivity index (χ1v) is 5.91. The number of aryl methyl sites for hydroxylation is 1. The van der Waals surface area contributed by atoms with Crippen molar-refractivity contribution in [3.63, 3.8) is 0 Å². The molecule has 0 unspecified atom stereocenters. The molecule has 2 heterocycles. The molecular weight excluding hydrogens is 212 g/mol. The predicted octanol–water partition coefficient (Wildman–Crippen LogP) is 0.192.